The third-order valence-corrected chi connectivity index (χ3v) is 26.2. The number of nitrogens with zero attached hydrogens (tertiary/aromatic N) is 4. The Morgan fingerprint density at radius 1 is 0.476 bits per heavy atom. The maximum absolute atomic E-state index is 10.9. The number of hydrogen-bond donors (Lipinski definition) is 1. The first-order chi connectivity index (χ1) is 29.6. The zero-order chi connectivity index (χ0) is 44.5. The standard InChI is InChI=1S/C55H62N4OSi2.Ni/c1-35(2)61(36(3)4,37(5)6)31-29-41-13-17-43(18-14-41)54-50-23-21-45(56-50)33-46-22-24-51(57-46)55(53-28-26-49(59-53)47(34-60)48-25-27-52(54)58-48)44-19-15-42(16-20-44)30-32-62(38(7)8,39(9)10)40(11)12;/h13-28,33,35-40,60H,34H2,1-12H3;/q-2;+2. The average Bonchev–Trinajstić information content (AvgIpc) is 4.07. The molecule has 0 amide bonds. The van der Waals surface area contributed by atoms with Gasteiger partial charge in [0.05, 0.1) is 29.4 Å². The van der Waals surface area contributed by atoms with Gasteiger partial charge in [0.1, 0.15) is 16.1 Å². The molecule has 5 heterocycles. The van der Waals surface area contributed by atoms with Crippen LogP contribution in [0.2, 0.25) is 33.2 Å². The van der Waals surface area contributed by atoms with E-state index in [-0.39, 0.29) is 23.1 Å². The Balaban J connectivity index is 0.00000661. The van der Waals surface area contributed by atoms with E-state index in [1.807, 2.05) is 42.5 Å². The smallest absolute Gasteiger partial charge is 0.657 e. The van der Waals surface area contributed by atoms with Crippen LogP contribution in [0.25, 0.3) is 68.6 Å². The number of aliphatic hydroxyl groups is 1. The molecule has 0 spiro atoms. The monoisotopic (exact) mass is 908 g/mol. The Kier molecular flexibility index (Phi) is 14.7. The van der Waals surface area contributed by atoms with E-state index in [0.29, 0.717) is 49.8 Å². The number of hydrogen-bond acceptors (Lipinski definition) is 3. The van der Waals surface area contributed by atoms with Crippen LogP contribution in [0, 0.1) is 22.9 Å². The predicted octanol–water partition coefficient (Wildman–Crippen LogP) is 13.9. The van der Waals surface area contributed by atoms with Crippen LogP contribution >= 0.6 is 0 Å². The fourth-order valence-electron chi connectivity index (χ4n) is 10.5. The normalized spacial score (nSPS) is 12.6. The van der Waals surface area contributed by atoms with Crippen molar-refractivity contribution < 1.29 is 21.6 Å². The number of benzene rings is 2. The summed E-state index contributed by atoms with van der Waals surface area (Å²) in [6.45, 7) is 28.0. The van der Waals surface area contributed by atoms with E-state index in [4.69, 9.17) is 19.9 Å². The van der Waals surface area contributed by atoms with Crippen molar-refractivity contribution in [3.63, 3.8) is 0 Å². The van der Waals surface area contributed by atoms with Crippen LogP contribution < -0.4 is 9.97 Å². The molecule has 326 valence electrons. The van der Waals surface area contributed by atoms with Gasteiger partial charge < -0.3 is 15.1 Å². The topological polar surface area (TPSA) is 74.2 Å². The molecule has 5 nitrogen and oxygen atoms in total. The van der Waals surface area contributed by atoms with Gasteiger partial charge in [0, 0.05) is 11.1 Å². The van der Waals surface area contributed by atoms with Crippen molar-refractivity contribution in [2.24, 2.45) is 0 Å². The number of aromatic nitrogens is 4. The molecule has 0 fully saturated rings. The molecule has 0 aliphatic carbocycles. The molecule has 0 unspecified atom stereocenters. The number of rotatable bonds is 9. The molecule has 0 saturated heterocycles. The van der Waals surface area contributed by atoms with E-state index in [1.54, 1.807) is 0 Å². The molecule has 2 aromatic carbocycles. The molecule has 0 atom stereocenters. The van der Waals surface area contributed by atoms with Crippen molar-refractivity contribution >= 4 is 62.5 Å². The maximum Gasteiger partial charge on any atom is 2.00 e. The van der Waals surface area contributed by atoms with E-state index < -0.39 is 16.1 Å². The van der Waals surface area contributed by atoms with Gasteiger partial charge >= 0.3 is 16.5 Å². The van der Waals surface area contributed by atoms with Gasteiger partial charge in [0.25, 0.3) is 0 Å². The minimum Gasteiger partial charge on any atom is -0.657 e. The Hall–Kier alpha value is -4.95. The van der Waals surface area contributed by atoms with Crippen molar-refractivity contribution in [1.29, 1.82) is 0 Å². The van der Waals surface area contributed by atoms with E-state index in [0.717, 1.165) is 67.2 Å². The molecule has 7 rings (SSSR count). The zero-order valence-corrected chi connectivity index (χ0v) is 42.0. The Bertz CT molecular complexity index is 2580. The van der Waals surface area contributed by atoms with Gasteiger partial charge in [-0.15, -0.1) is 33.2 Å². The first kappa shape index (κ1) is 47.5. The van der Waals surface area contributed by atoms with Crippen LogP contribution in [0.3, 0.4) is 0 Å². The summed E-state index contributed by atoms with van der Waals surface area (Å²) < 4.78 is 0. The largest absolute Gasteiger partial charge is 2.00 e. The molecular weight excluding hydrogens is 847 g/mol. The van der Waals surface area contributed by atoms with E-state index in [1.165, 1.54) is 0 Å². The van der Waals surface area contributed by atoms with Gasteiger partial charge in [-0.2, -0.15) is 0 Å². The summed E-state index contributed by atoms with van der Waals surface area (Å²) in [6, 6.07) is 27.0. The van der Waals surface area contributed by atoms with E-state index >= 15 is 0 Å². The van der Waals surface area contributed by atoms with Gasteiger partial charge in [0.15, 0.2) is 0 Å². The summed E-state index contributed by atoms with van der Waals surface area (Å²) in [5.74, 6) is 7.21. The molecule has 0 radical (unpaired) electrons. The summed E-state index contributed by atoms with van der Waals surface area (Å²) in [6.07, 6.45) is 8.18. The van der Waals surface area contributed by atoms with Gasteiger partial charge in [-0.3, -0.25) is 0 Å². The van der Waals surface area contributed by atoms with Crippen LogP contribution in [0.5, 0.6) is 0 Å². The molecule has 8 heteroatoms. The third-order valence-electron chi connectivity index (χ3n) is 13.6. The maximum atomic E-state index is 10.9. The zero-order valence-electron chi connectivity index (χ0n) is 39.0. The van der Waals surface area contributed by atoms with Crippen LogP contribution in [0.15, 0.2) is 78.9 Å². The van der Waals surface area contributed by atoms with Gasteiger partial charge in [0.2, 0.25) is 0 Å². The Morgan fingerprint density at radius 2 is 0.810 bits per heavy atom. The predicted molar refractivity (Wildman–Crippen MR) is 269 cm³/mol. The van der Waals surface area contributed by atoms with E-state index in [9.17, 15) is 5.11 Å². The summed E-state index contributed by atoms with van der Waals surface area (Å²) in [4.78, 5) is 20.6. The second-order valence-electron chi connectivity index (χ2n) is 18.9. The molecule has 3 aromatic heterocycles. The van der Waals surface area contributed by atoms with Gasteiger partial charge in [-0.05, 0) is 110 Å². The van der Waals surface area contributed by atoms with Crippen molar-refractivity contribution in [3.05, 3.63) is 118 Å². The first-order valence-electron chi connectivity index (χ1n) is 22.5. The number of aliphatic hydroxyl groups excluding tert-OH is 1. The van der Waals surface area contributed by atoms with Crippen molar-refractivity contribution in [1.82, 2.24) is 19.9 Å². The van der Waals surface area contributed by atoms with Gasteiger partial charge in [-0.25, -0.2) is 9.97 Å². The van der Waals surface area contributed by atoms with Crippen molar-refractivity contribution in [2.45, 2.75) is 123 Å². The molecule has 2 aliphatic rings. The molecule has 1 N–H and O–H groups in total. The van der Waals surface area contributed by atoms with Gasteiger partial charge in [-0.1, -0.05) is 149 Å². The molecule has 5 aromatic rings. The number of fused-ring (bicyclic) bond motifs is 8. The SMILES string of the molecule is CC(C)[Si](C#Cc1ccc(-c2c3nc(cc4nc(c(-c5ccc(C#C[Si](C(C)C)(C(C)C)C(C)C)cc5)c5ccc([n-]5)c(CO)c5ccc2[n-]5)C=C4)C=C3)cc1)(C(C)C)C(C)C.[Ni+2]. The fourth-order valence-corrected chi connectivity index (χ4v) is 21.0. The summed E-state index contributed by atoms with van der Waals surface area (Å²) in [5, 5.41) is 10.9. The molecule has 0 saturated carbocycles. The van der Waals surface area contributed by atoms with Crippen LogP contribution in [0.4, 0.5) is 0 Å². The molecule has 8 bridgehead atoms. The first-order valence-corrected chi connectivity index (χ1v) is 26.9. The fraction of sp³-hybridized carbons (Fsp3) is 0.345. The Labute approximate surface area is 388 Å². The van der Waals surface area contributed by atoms with Crippen molar-refractivity contribution in [3.8, 4) is 45.2 Å². The van der Waals surface area contributed by atoms with Crippen molar-refractivity contribution in [2.75, 3.05) is 0 Å². The Morgan fingerprint density at radius 3 is 1.13 bits per heavy atom. The summed E-state index contributed by atoms with van der Waals surface area (Å²) in [7, 11) is -3.76. The van der Waals surface area contributed by atoms with Crippen LogP contribution in [0.1, 0.15) is 123 Å². The second-order valence-corrected chi connectivity index (χ2v) is 30.1. The molecule has 63 heavy (non-hydrogen) atoms. The third kappa shape index (κ3) is 9.20. The van der Waals surface area contributed by atoms with Crippen LogP contribution in [-0.2, 0) is 23.1 Å². The summed E-state index contributed by atoms with van der Waals surface area (Å²) in [5.41, 5.74) is 23.8. The summed E-state index contributed by atoms with van der Waals surface area (Å²) >= 11 is 0. The molecule has 2 aliphatic heterocycles. The molecular formula is C55H62N4NiOSi2. The quantitative estimate of drug-likeness (QED) is 0.115. The van der Waals surface area contributed by atoms with E-state index in [2.05, 4.69) is 167 Å². The second kappa shape index (κ2) is 19.4. The minimum atomic E-state index is -1.88. The van der Waals surface area contributed by atoms with Crippen LogP contribution in [-0.4, -0.2) is 31.2 Å². The average molecular weight is 910 g/mol. The minimum absolute atomic E-state index is 0.